The van der Waals surface area contributed by atoms with Gasteiger partial charge in [-0.15, -0.1) is 0 Å². The number of carbonyl (C=O) groups is 1. The number of amides is 1. The summed E-state index contributed by atoms with van der Waals surface area (Å²) in [5.74, 6) is 1.01. The molecule has 0 spiro atoms. The number of benzene rings is 1. The van der Waals surface area contributed by atoms with E-state index in [2.05, 4.69) is 5.10 Å². The third-order valence-corrected chi connectivity index (χ3v) is 4.29. The molecule has 0 atom stereocenters. The van der Waals surface area contributed by atoms with E-state index in [-0.39, 0.29) is 18.0 Å². The first kappa shape index (κ1) is 17.0. The van der Waals surface area contributed by atoms with Crippen LogP contribution in [0.25, 0.3) is 11.3 Å². The van der Waals surface area contributed by atoms with Crippen molar-refractivity contribution in [2.45, 2.75) is 19.4 Å². The molecule has 2 heterocycles. The number of hydrogen-bond donors (Lipinski definition) is 0. The Morgan fingerprint density at radius 2 is 1.80 bits per heavy atom. The molecule has 0 unspecified atom stereocenters. The fourth-order valence-electron chi connectivity index (χ4n) is 2.89. The van der Waals surface area contributed by atoms with E-state index in [1.54, 1.807) is 24.1 Å². The molecule has 2 aromatic rings. The van der Waals surface area contributed by atoms with Crippen molar-refractivity contribution in [2.24, 2.45) is 0 Å². The van der Waals surface area contributed by atoms with Crippen LogP contribution < -0.4 is 15.0 Å². The summed E-state index contributed by atoms with van der Waals surface area (Å²) >= 11 is 0. The Bertz CT molecular complexity index is 808. The molecule has 0 bridgehead atoms. The Labute approximate surface area is 145 Å². The van der Waals surface area contributed by atoms with Crippen molar-refractivity contribution in [1.29, 1.82) is 0 Å². The summed E-state index contributed by atoms with van der Waals surface area (Å²) in [6.45, 7) is 1.43. The van der Waals surface area contributed by atoms with Crippen molar-refractivity contribution in [1.82, 2.24) is 14.7 Å². The zero-order chi connectivity index (χ0) is 17.8. The second kappa shape index (κ2) is 7.38. The van der Waals surface area contributed by atoms with E-state index in [1.165, 1.54) is 17.9 Å². The molecule has 3 rings (SSSR count). The molecule has 1 fully saturated rings. The Kier molecular flexibility index (Phi) is 5.02. The lowest BCUT2D eigenvalue weighted by molar-refractivity contribution is -0.131. The van der Waals surface area contributed by atoms with Crippen LogP contribution in [-0.4, -0.2) is 47.9 Å². The summed E-state index contributed by atoms with van der Waals surface area (Å²) in [6, 6.07) is 8.65. The van der Waals surface area contributed by atoms with Gasteiger partial charge in [-0.05, 0) is 37.1 Å². The molecule has 1 aliphatic heterocycles. The van der Waals surface area contributed by atoms with Crippen LogP contribution in [0, 0.1) is 0 Å². The van der Waals surface area contributed by atoms with Crippen LogP contribution in [0.1, 0.15) is 12.8 Å². The van der Waals surface area contributed by atoms with Crippen LogP contribution in [0.3, 0.4) is 0 Å². The van der Waals surface area contributed by atoms with Gasteiger partial charge in [-0.2, -0.15) is 5.10 Å². The minimum Gasteiger partial charge on any atom is -0.497 e. The molecule has 0 saturated carbocycles. The lowest BCUT2D eigenvalue weighted by atomic mass is 10.1. The average molecular weight is 343 g/mol. The maximum absolute atomic E-state index is 12.3. The molecule has 7 nitrogen and oxygen atoms in total. The van der Waals surface area contributed by atoms with Gasteiger partial charge in [-0.25, -0.2) is 4.68 Å². The van der Waals surface area contributed by atoms with Gasteiger partial charge in [0.1, 0.15) is 18.0 Å². The van der Waals surface area contributed by atoms with E-state index in [0.717, 1.165) is 37.2 Å². The predicted molar refractivity (Wildman–Crippen MR) is 92.9 cm³/mol. The van der Waals surface area contributed by atoms with Crippen LogP contribution in [0.15, 0.2) is 35.1 Å². The Morgan fingerprint density at radius 3 is 2.40 bits per heavy atom. The highest BCUT2D eigenvalue weighted by Crippen LogP contribution is 2.27. The number of carbonyl (C=O) groups excluding carboxylic acids is 1. The summed E-state index contributed by atoms with van der Waals surface area (Å²) in [4.78, 5) is 26.4. The summed E-state index contributed by atoms with van der Waals surface area (Å²) in [7, 11) is 3.08. The highest BCUT2D eigenvalue weighted by atomic mass is 16.5. The topological polar surface area (TPSA) is 73.7 Å². The highest BCUT2D eigenvalue weighted by Gasteiger charge is 2.20. The number of methoxy groups -OCH3 is 2. The van der Waals surface area contributed by atoms with Gasteiger partial charge in [-0.3, -0.25) is 9.59 Å². The lowest BCUT2D eigenvalue weighted by Gasteiger charge is -2.16. The maximum Gasteiger partial charge on any atom is 0.270 e. The molecule has 1 aliphatic rings. The van der Waals surface area contributed by atoms with E-state index in [0.29, 0.717) is 11.4 Å². The fourth-order valence-corrected chi connectivity index (χ4v) is 2.89. The first-order valence-electron chi connectivity index (χ1n) is 8.20. The predicted octanol–water partition coefficient (Wildman–Crippen LogP) is 1.55. The molecule has 132 valence electrons. The molecule has 0 N–H and O–H groups in total. The number of nitrogens with zero attached hydrogens (tertiary/aromatic N) is 3. The molecule has 1 aromatic carbocycles. The van der Waals surface area contributed by atoms with E-state index in [4.69, 9.17) is 9.47 Å². The SMILES string of the molecule is COc1ccc(-c2nn(CC(=O)N3CCCC3)c(=O)cc2OC)cc1. The average Bonchev–Trinajstić information content (AvgIpc) is 3.18. The number of likely N-dealkylation sites (tertiary alicyclic amines) is 1. The molecule has 7 heteroatoms. The largest absolute Gasteiger partial charge is 0.497 e. The van der Waals surface area contributed by atoms with Crippen molar-refractivity contribution in [3.8, 4) is 22.8 Å². The third-order valence-electron chi connectivity index (χ3n) is 4.29. The molecule has 25 heavy (non-hydrogen) atoms. The van der Waals surface area contributed by atoms with Gasteiger partial charge in [-0.1, -0.05) is 0 Å². The van der Waals surface area contributed by atoms with Crippen molar-refractivity contribution in [3.05, 3.63) is 40.7 Å². The molecular formula is C18H21N3O4. The summed E-state index contributed by atoms with van der Waals surface area (Å²) < 4.78 is 11.6. The van der Waals surface area contributed by atoms with E-state index in [1.807, 2.05) is 12.1 Å². The Hall–Kier alpha value is -2.83. The first-order chi connectivity index (χ1) is 12.1. The van der Waals surface area contributed by atoms with Gasteiger partial charge in [0.2, 0.25) is 5.91 Å². The second-order valence-corrected chi connectivity index (χ2v) is 5.87. The normalized spacial score (nSPS) is 13.8. The van der Waals surface area contributed by atoms with E-state index in [9.17, 15) is 9.59 Å². The fraction of sp³-hybridized carbons (Fsp3) is 0.389. The lowest BCUT2D eigenvalue weighted by Crippen LogP contribution is -2.35. The smallest absolute Gasteiger partial charge is 0.270 e. The number of hydrogen-bond acceptors (Lipinski definition) is 5. The summed E-state index contributed by atoms with van der Waals surface area (Å²) in [6.07, 6.45) is 2.02. The van der Waals surface area contributed by atoms with E-state index < -0.39 is 0 Å². The molecular weight excluding hydrogens is 322 g/mol. The zero-order valence-electron chi connectivity index (χ0n) is 14.4. The molecule has 1 aromatic heterocycles. The van der Waals surface area contributed by atoms with Crippen LogP contribution in [0.4, 0.5) is 0 Å². The van der Waals surface area contributed by atoms with Gasteiger partial charge < -0.3 is 14.4 Å². The van der Waals surface area contributed by atoms with E-state index >= 15 is 0 Å². The third kappa shape index (κ3) is 3.65. The Morgan fingerprint density at radius 1 is 1.12 bits per heavy atom. The minimum absolute atomic E-state index is 0.0635. The second-order valence-electron chi connectivity index (χ2n) is 5.87. The minimum atomic E-state index is -0.360. The molecule has 1 saturated heterocycles. The summed E-state index contributed by atoms with van der Waals surface area (Å²) in [5, 5.41) is 4.37. The van der Waals surface area contributed by atoms with Gasteiger partial charge in [0.15, 0.2) is 5.75 Å². The number of rotatable bonds is 5. The Balaban J connectivity index is 1.93. The van der Waals surface area contributed by atoms with Crippen LogP contribution in [0.2, 0.25) is 0 Å². The first-order valence-corrected chi connectivity index (χ1v) is 8.20. The quantitative estimate of drug-likeness (QED) is 0.823. The number of aromatic nitrogens is 2. The van der Waals surface area contributed by atoms with Crippen molar-refractivity contribution < 1.29 is 14.3 Å². The van der Waals surface area contributed by atoms with Gasteiger partial charge >= 0.3 is 0 Å². The van der Waals surface area contributed by atoms with Gasteiger partial charge in [0.25, 0.3) is 5.56 Å². The van der Waals surface area contributed by atoms with Crippen molar-refractivity contribution in [2.75, 3.05) is 27.3 Å². The standard InChI is InChI=1S/C18H21N3O4/c1-24-14-7-5-13(6-8-14)18-15(25-2)11-16(22)21(19-18)12-17(23)20-9-3-4-10-20/h5-8,11H,3-4,9-10,12H2,1-2H3. The molecule has 0 radical (unpaired) electrons. The maximum atomic E-state index is 12.3. The monoisotopic (exact) mass is 343 g/mol. The molecule has 0 aliphatic carbocycles. The van der Waals surface area contributed by atoms with Gasteiger partial charge in [0, 0.05) is 24.7 Å². The van der Waals surface area contributed by atoms with Gasteiger partial charge in [0.05, 0.1) is 14.2 Å². The zero-order valence-corrected chi connectivity index (χ0v) is 14.4. The van der Waals surface area contributed by atoms with Crippen LogP contribution >= 0.6 is 0 Å². The summed E-state index contributed by atoms with van der Waals surface area (Å²) in [5.41, 5.74) is 0.931. The van der Waals surface area contributed by atoms with Crippen LogP contribution in [-0.2, 0) is 11.3 Å². The number of ether oxygens (including phenoxy) is 2. The highest BCUT2D eigenvalue weighted by molar-refractivity contribution is 5.76. The van der Waals surface area contributed by atoms with Crippen LogP contribution in [0.5, 0.6) is 11.5 Å². The van der Waals surface area contributed by atoms with Crippen molar-refractivity contribution >= 4 is 5.91 Å². The molecule has 1 amide bonds. The van der Waals surface area contributed by atoms with Crippen molar-refractivity contribution in [3.63, 3.8) is 0 Å².